The SMILES string of the molecule is CC[C@H](C)[C@H](NC(=O)[C@H](CC(C)C)Nc1c(NCCCC(C(=O)[O-])N2CCN(CC(=O)[O-])CCN(CC(=O)[O-])CCN(CC(=O)[O-])CC2)c(=O)c1=O)C(=O)N[C@@H](CCCCN)C(=O)N[C@@H](CCCCN)C(=O)N1CCC[C@H]1C(=O)N[C@@H](Cc1ccccc1)C(=O)O.[Gd+3]. The Labute approximate surface area is 568 Å². The Morgan fingerprint density at radius 1 is 0.609 bits per heavy atom. The van der Waals surface area contributed by atoms with Crippen molar-refractivity contribution in [3.63, 3.8) is 0 Å². The summed E-state index contributed by atoms with van der Waals surface area (Å²) in [5.74, 6) is -11.2. The predicted octanol–water partition coefficient (Wildman–Crippen LogP) is -6.55. The molecule has 8 atom stereocenters. The summed E-state index contributed by atoms with van der Waals surface area (Å²) in [6.07, 6.45) is 3.01. The van der Waals surface area contributed by atoms with Crippen molar-refractivity contribution in [3.8, 4) is 0 Å². The Kier molecular flexibility index (Phi) is 36.0. The molecular formula is C61H93GdN13O17-. The number of carboxylic acids is 5. The summed E-state index contributed by atoms with van der Waals surface area (Å²) < 4.78 is 0. The van der Waals surface area contributed by atoms with Gasteiger partial charge >= 0.3 is 45.9 Å². The Morgan fingerprint density at radius 2 is 1.12 bits per heavy atom. The van der Waals surface area contributed by atoms with Crippen LogP contribution in [0.25, 0.3) is 0 Å². The molecule has 2 aliphatic heterocycles. The number of hydrogen-bond acceptors (Lipinski definition) is 24. The minimum Gasteiger partial charge on any atom is -0.549 e. The first kappa shape index (κ1) is 79.9. The van der Waals surface area contributed by atoms with Gasteiger partial charge in [0.15, 0.2) is 0 Å². The maximum Gasteiger partial charge on any atom is 3.00 e. The van der Waals surface area contributed by atoms with E-state index in [-0.39, 0.29) is 181 Å². The van der Waals surface area contributed by atoms with Crippen LogP contribution < -0.4 is 74.7 Å². The number of anilines is 2. The first-order valence-corrected chi connectivity index (χ1v) is 31.5. The van der Waals surface area contributed by atoms with Gasteiger partial charge in [-0.2, -0.15) is 0 Å². The molecule has 1 radical (unpaired) electrons. The number of nitrogens with two attached hydrogens (primary N) is 2. The Morgan fingerprint density at radius 3 is 1.62 bits per heavy atom. The van der Waals surface area contributed by atoms with Crippen LogP contribution in [0, 0.1) is 51.8 Å². The number of benzene rings is 1. The molecule has 2 heterocycles. The molecule has 1 unspecified atom stereocenters. The number of aliphatic carboxylic acids is 5. The number of nitrogens with one attached hydrogen (secondary N) is 6. The fourth-order valence-corrected chi connectivity index (χ4v) is 11.2. The molecule has 92 heavy (non-hydrogen) atoms. The minimum absolute atomic E-state index is 0. The van der Waals surface area contributed by atoms with E-state index in [1.165, 1.54) is 24.5 Å². The smallest absolute Gasteiger partial charge is 0.549 e. The van der Waals surface area contributed by atoms with E-state index in [1.54, 1.807) is 44.2 Å². The Bertz CT molecular complexity index is 2780. The standard InChI is InChI=1S/C61H97N13O17.Gd/c1-5-39(4)50(58(86)66-41(17-9-11-21-62)55(83)67-42(18-10-12-22-63)59(87)74-24-14-20-45(74)57(85)68-44(60(88)89)34-40-15-7-6-8-16-40)69-56(84)43(33-38(2)3)65-52-51(53(81)54(52)82)64-23-13-19-46(61(90)91)73-31-29-71(36-48(77)78)27-25-70(35-47(75)76)26-28-72(30-32-73)37-49(79)80;/h6-8,15-16,38-39,41-46,50,64-65H,5,9-14,17-37,62-63H2,1-4H3,(H,66,86)(H,67,83)(H,68,85)(H,69,84)(H,75,76)(H,77,78)(H,79,80)(H,88,89)(H,90,91);/q;+3/p-4/t39-,41-,42-,43-,44-,45-,46?,50-;/m0./s1. The van der Waals surface area contributed by atoms with Crippen LogP contribution in [-0.2, 0) is 54.4 Å². The van der Waals surface area contributed by atoms with E-state index < -0.39 is 138 Å². The van der Waals surface area contributed by atoms with Crippen molar-refractivity contribution >= 4 is 70.8 Å². The molecular weight excluding hydrogens is 1340 g/mol. The number of carboxylic acid groups (broad SMARTS) is 5. The second kappa shape index (κ2) is 41.4. The molecule has 0 saturated carbocycles. The molecule has 0 bridgehead atoms. The zero-order chi connectivity index (χ0) is 67.3. The summed E-state index contributed by atoms with van der Waals surface area (Å²) >= 11 is 0. The van der Waals surface area contributed by atoms with Crippen molar-refractivity contribution in [2.75, 3.05) is 109 Å². The number of carbonyl (C=O) groups is 10. The average molecular weight is 1440 g/mol. The topological polar surface area (TPSA) is 458 Å². The normalized spacial score (nSPS) is 17.9. The third-order valence-electron chi connectivity index (χ3n) is 16.5. The summed E-state index contributed by atoms with van der Waals surface area (Å²) in [5.41, 5.74) is 10.0. The molecule has 11 N–H and O–H groups in total. The zero-order valence-corrected chi connectivity index (χ0v) is 55.4. The first-order chi connectivity index (χ1) is 43.3. The van der Waals surface area contributed by atoms with Crippen LogP contribution in [0.4, 0.5) is 11.4 Å². The third-order valence-corrected chi connectivity index (χ3v) is 16.5. The predicted molar refractivity (Wildman–Crippen MR) is 326 cm³/mol. The fourth-order valence-electron chi connectivity index (χ4n) is 11.2. The molecule has 2 fully saturated rings. The van der Waals surface area contributed by atoms with Crippen LogP contribution in [0.1, 0.15) is 110 Å². The number of rotatable bonds is 39. The number of carbonyl (C=O) groups excluding carboxylic acids is 9. The van der Waals surface area contributed by atoms with Crippen LogP contribution in [0.15, 0.2) is 39.9 Å². The van der Waals surface area contributed by atoms with Crippen LogP contribution in [-0.4, -0.2) is 229 Å². The van der Waals surface area contributed by atoms with Crippen LogP contribution in [0.5, 0.6) is 0 Å². The van der Waals surface area contributed by atoms with Gasteiger partial charge in [0.25, 0.3) is 10.9 Å². The zero-order valence-electron chi connectivity index (χ0n) is 53.1. The molecule has 2 aromatic rings. The molecule has 31 heteroatoms. The number of amides is 5. The monoisotopic (exact) mass is 1440 g/mol. The summed E-state index contributed by atoms with van der Waals surface area (Å²) in [4.78, 5) is 165. The number of likely N-dealkylation sites (tertiary alicyclic amines) is 1. The summed E-state index contributed by atoms with van der Waals surface area (Å²) in [5, 5.41) is 74.5. The van der Waals surface area contributed by atoms with Crippen molar-refractivity contribution in [1.82, 2.24) is 45.8 Å². The van der Waals surface area contributed by atoms with Gasteiger partial charge < -0.3 is 93.0 Å². The number of unbranched alkanes of at least 4 members (excludes halogenated alkanes) is 2. The molecule has 0 aliphatic carbocycles. The second-order valence-corrected chi connectivity index (χ2v) is 24.0. The Balaban J connectivity index is 0.0000221. The molecule has 513 valence electrons. The molecule has 0 aromatic heterocycles. The van der Waals surface area contributed by atoms with Gasteiger partial charge in [-0.3, -0.25) is 53.2 Å². The maximum absolute atomic E-state index is 14.5. The summed E-state index contributed by atoms with van der Waals surface area (Å²) in [7, 11) is 0. The van der Waals surface area contributed by atoms with Gasteiger partial charge in [-0.05, 0) is 101 Å². The van der Waals surface area contributed by atoms with Crippen molar-refractivity contribution < 1.29 is 113 Å². The van der Waals surface area contributed by atoms with E-state index in [0.717, 1.165) is 0 Å². The number of nitrogens with zero attached hydrogens (tertiary/aromatic N) is 5. The van der Waals surface area contributed by atoms with Gasteiger partial charge in [0.2, 0.25) is 29.5 Å². The average Bonchev–Trinajstić information content (AvgIpc) is 0.898. The largest absolute Gasteiger partial charge is 3.00 e. The quantitative estimate of drug-likeness (QED) is 0.0222. The van der Waals surface area contributed by atoms with Crippen LogP contribution >= 0.6 is 0 Å². The van der Waals surface area contributed by atoms with E-state index in [2.05, 4.69) is 31.9 Å². The van der Waals surface area contributed by atoms with Gasteiger partial charge in [0.05, 0.1) is 23.9 Å². The molecule has 5 amide bonds. The molecule has 2 aliphatic rings. The van der Waals surface area contributed by atoms with E-state index in [9.17, 15) is 83.1 Å². The van der Waals surface area contributed by atoms with Crippen molar-refractivity contribution in [2.24, 2.45) is 23.3 Å². The first-order valence-electron chi connectivity index (χ1n) is 31.5. The number of hydrogen-bond donors (Lipinski definition) is 9. The molecule has 2 saturated heterocycles. The van der Waals surface area contributed by atoms with Crippen molar-refractivity contribution in [1.29, 1.82) is 0 Å². The van der Waals surface area contributed by atoms with E-state index in [0.29, 0.717) is 44.1 Å². The molecule has 30 nitrogen and oxygen atoms in total. The van der Waals surface area contributed by atoms with Crippen LogP contribution in [0.3, 0.4) is 0 Å². The fraction of sp³-hybridized carbons (Fsp3) is 0.672. The third kappa shape index (κ3) is 26.6. The summed E-state index contributed by atoms with van der Waals surface area (Å²) in [6, 6.07) is 0.213. The maximum atomic E-state index is 14.5. The second-order valence-electron chi connectivity index (χ2n) is 24.0. The van der Waals surface area contributed by atoms with E-state index in [1.807, 2.05) is 13.8 Å². The van der Waals surface area contributed by atoms with Gasteiger partial charge in [-0.25, -0.2) is 4.79 Å². The van der Waals surface area contributed by atoms with Crippen molar-refractivity contribution in [2.45, 2.75) is 153 Å². The van der Waals surface area contributed by atoms with Crippen molar-refractivity contribution in [3.05, 3.63) is 56.3 Å². The van der Waals surface area contributed by atoms with E-state index in [4.69, 9.17) is 11.5 Å². The molecule has 4 rings (SSSR count). The van der Waals surface area contributed by atoms with Gasteiger partial charge in [-0.15, -0.1) is 0 Å². The molecule has 2 aromatic carbocycles. The molecule has 0 spiro atoms. The van der Waals surface area contributed by atoms with Gasteiger partial charge in [0.1, 0.15) is 47.6 Å². The van der Waals surface area contributed by atoms with E-state index >= 15 is 0 Å². The minimum atomic E-state index is -1.50. The summed E-state index contributed by atoms with van der Waals surface area (Å²) in [6.45, 7) is 6.18. The van der Waals surface area contributed by atoms with Crippen LogP contribution in [0.2, 0.25) is 0 Å². The Hall–Kier alpha value is -6.32. The van der Waals surface area contributed by atoms with Gasteiger partial charge in [-0.1, -0.05) is 64.4 Å². The van der Waals surface area contributed by atoms with Gasteiger partial charge in [0, 0.05) is 97.5 Å².